The molecular formula is C20H26N4O2. The molecular weight excluding hydrogens is 328 g/mol. The van der Waals surface area contributed by atoms with Crippen molar-refractivity contribution in [3.8, 4) is 11.4 Å². The van der Waals surface area contributed by atoms with Crippen molar-refractivity contribution in [1.29, 1.82) is 0 Å². The Balaban J connectivity index is 1.80. The highest BCUT2D eigenvalue weighted by molar-refractivity contribution is 5.98. The number of hydrogen-bond donors (Lipinski definition) is 2. The summed E-state index contributed by atoms with van der Waals surface area (Å²) in [4.78, 5) is 34.5. The predicted molar refractivity (Wildman–Crippen MR) is 102 cm³/mol. The van der Waals surface area contributed by atoms with Crippen molar-refractivity contribution >= 4 is 17.5 Å². The minimum absolute atomic E-state index is 0.0471. The number of piperidine rings is 1. The van der Waals surface area contributed by atoms with Gasteiger partial charge in [-0.05, 0) is 37.8 Å². The lowest BCUT2D eigenvalue weighted by Gasteiger charge is -2.36. The quantitative estimate of drug-likeness (QED) is 0.884. The molecule has 2 N–H and O–H groups in total. The number of amides is 2. The summed E-state index contributed by atoms with van der Waals surface area (Å²) in [6, 6.07) is 5.46. The monoisotopic (exact) mass is 354 g/mol. The lowest BCUT2D eigenvalue weighted by atomic mass is 9.99. The van der Waals surface area contributed by atoms with Crippen molar-refractivity contribution in [2.45, 2.75) is 46.1 Å². The van der Waals surface area contributed by atoms with Crippen molar-refractivity contribution in [3.05, 3.63) is 36.2 Å². The zero-order chi connectivity index (χ0) is 18.7. The smallest absolute Gasteiger partial charge is 0.247 e. The fourth-order valence-electron chi connectivity index (χ4n) is 3.34. The Bertz CT molecular complexity index is 783. The lowest BCUT2D eigenvalue weighted by molar-refractivity contribution is -0.142. The third-order valence-electron chi connectivity index (χ3n) is 4.85. The van der Waals surface area contributed by atoms with Crippen LogP contribution in [0.4, 0.5) is 5.69 Å². The van der Waals surface area contributed by atoms with E-state index >= 15 is 0 Å². The van der Waals surface area contributed by atoms with Gasteiger partial charge in [0.25, 0.3) is 0 Å². The van der Waals surface area contributed by atoms with Crippen molar-refractivity contribution in [3.63, 3.8) is 0 Å². The molecule has 0 unspecified atom stereocenters. The molecule has 0 radical (unpaired) electrons. The number of imidazole rings is 1. The molecule has 0 bridgehead atoms. The van der Waals surface area contributed by atoms with E-state index in [0.29, 0.717) is 13.0 Å². The second-order valence-electron chi connectivity index (χ2n) is 7.15. The molecule has 0 aliphatic carbocycles. The number of aromatic amines is 1. The van der Waals surface area contributed by atoms with Crippen LogP contribution >= 0.6 is 0 Å². The molecule has 2 amide bonds. The van der Waals surface area contributed by atoms with Crippen LogP contribution in [0.25, 0.3) is 11.4 Å². The zero-order valence-corrected chi connectivity index (χ0v) is 15.6. The Kier molecular flexibility index (Phi) is 5.40. The molecule has 0 spiro atoms. The van der Waals surface area contributed by atoms with Gasteiger partial charge in [-0.25, -0.2) is 4.98 Å². The predicted octanol–water partition coefficient (Wildman–Crippen LogP) is 3.36. The Hall–Kier alpha value is -2.63. The lowest BCUT2D eigenvalue weighted by Crippen LogP contribution is -2.51. The molecule has 1 aromatic heterocycles. The SMILES string of the molecule is Cc1ccc(-c2ncc[nH]2)cc1NC(=O)[C@@H]1CCCCN1C(=O)C(C)C. The number of rotatable bonds is 4. The van der Waals surface area contributed by atoms with Crippen LogP contribution in [0.15, 0.2) is 30.6 Å². The average Bonchev–Trinajstić information content (AvgIpc) is 3.17. The van der Waals surface area contributed by atoms with Gasteiger partial charge in [0.2, 0.25) is 11.8 Å². The molecule has 1 aliphatic heterocycles. The number of H-pyrrole nitrogens is 1. The van der Waals surface area contributed by atoms with Crippen LogP contribution in [-0.4, -0.2) is 39.3 Å². The van der Waals surface area contributed by atoms with E-state index in [1.54, 1.807) is 17.3 Å². The molecule has 1 fully saturated rings. The number of nitrogens with one attached hydrogen (secondary N) is 2. The Morgan fingerprint density at radius 1 is 1.31 bits per heavy atom. The number of benzene rings is 1. The summed E-state index contributed by atoms with van der Waals surface area (Å²) in [5.41, 5.74) is 2.65. The van der Waals surface area contributed by atoms with E-state index in [1.807, 2.05) is 39.0 Å². The number of nitrogens with zero attached hydrogens (tertiary/aromatic N) is 2. The number of hydrogen-bond acceptors (Lipinski definition) is 3. The Morgan fingerprint density at radius 2 is 2.12 bits per heavy atom. The van der Waals surface area contributed by atoms with Gasteiger partial charge in [0.05, 0.1) is 0 Å². The van der Waals surface area contributed by atoms with Gasteiger partial charge in [0.15, 0.2) is 0 Å². The molecule has 6 heteroatoms. The molecule has 1 saturated heterocycles. The second kappa shape index (κ2) is 7.72. The molecule has 2 heterocycles. The fraction of sp³-hybridized carbons (Fsp3) is 0.450. The number of anilines is 1. The minimum Gasteiger partial charge on any atom is -0.345 e. The zero-order valence-electron chi connectivity index (χ0n) is 15.6. The molecule has 1 aromatic carbocycles. The molecule has 6 nitrogen and oxygen atoms in total. The van der Waals surface area contributed by atoms with Crippen LogP contribution in [-0.2, 0) is 9.59 Å². The summed E-state index contributed by atoms with van der Waals surface area (Å²) in [6.45, 7) is 6.37. The Morgan fingerprint density at radius 3 is 2.81 bits per heavy atom. The van der Waals surface area contributed by atoms with E-state index in [4.69, 9.17) is 0 Å². The third kappa shape index (κ3) is 3.79. The van der Waals surface area contributed by atoms with E-state index in [0.717, 1.165) is 35.5 Å². The maximum atomic E-state index is 12.9. The van der Waals surface area contributed by atoms with Crippen LogP contribution in [0, 0.1) is 12.8 Å². The summed E-state index contributed by atoms with van der Waals surface area (Å²) < 4.78 is 0. The standard InChI is InChI=1S/C20H26N4O2/c1-13(2)20(26)24-11-5-4-6-17(24)19(25)23-16-12-15(8-7-14(16)3)18-21-9-10-22-18/h7-10,12-13,17H,4-6,11H2,1-3H3,(H,21,22)(H,23,25)/t17-/m0/s1. The highest BCUT2D eigenvalue weighted by Crippen LogP contribution is 2.25. The average molecular weight is 354 g/mol. The number of carbonyl (C=O) groups excluding carboxylic acids is 2. The van der Waals surface area contributed by atoms with E-state index in [9.17, 15) is 9.59 Å². The first kappa shape index (κ1) is 18.2. The molecule has 1 aliphatic rings. The number of aromatic nitrogens is 2. The second-order valence-corrected chi connectivity index (χ2v) is 7.15. The van der Waals surface area contributed by atoms with Crippen molar-refractivity contribution in [2.24, 2.45) is 5.92 Å². The number of carbonyl (C=O) groups is 2. The molecule has 2 aromatic rings. The molecule has 1 atom stereocenters. The number of aryl methyl sites for hydroxylation is 1. The van der Waals surface area contributed by atoms with Gasteiger partial charge < -0.3 is 15.2 Å². The van der Waals surface area contributed by atoms with Crippen molar-refractivity contribution in [1.82, 2.24) is 14.9 Å². The topological polar surface area (TPSA) is 78.1 Å². The van der Waals surface area contributed by atoms with Crippen LogP contribution in [0.5, 0.6) is 0 Å². The van der Waals surface area contributed by atoms with E-state index in [2.05, 4.69) is 15.3 Å². The summed E-state index contributed by atoms with van der Waals surface area (Å²) >= 11 is 0. The largest absolute Gasteiger partial charge is 0.345 e. The van der Waals surface area contributed by atoms with Crippen molar-refractivity contribution in [2.75, 3.05) is 11.9 Å². The summed E-state index contributed by atoms with van der Waals surface area (Å²) in [6.07, 6.45) is 6.09. The van der Waals surface area contributed by atoms with Gasteiger partial charge in [-0.15, -0.1) is 0 Å². The number of likely N-dealkylation sites (tertiary alicyclic amines) is 1. The molecule has 0 saturated carbocycles. The van der Waals surface area contributed by atoms with Gasteiger partial charge in [-0.2, -0.15) is 0 Å². The molecule has 138 valence electrons. The minimum atomic E-state index is -0.398. The maximum absolute atomic E-state index is 12.9. The van der Waals surface area contributed by atoms with Gasteiger partial charge in [0, 0.05) is 36.1 Å². The van der Waals surface area contributed by atoms with Crippen LogP contribution in [0.3, 0.4) is 0 Å². The first-order chi connectivity index (χ1) is 12.5. The van der Waals surface area contributed by atoms with Crippen LogP contribution in [0.2, 0.25) is 0 Å². The van der Waals surface area contributed by atoms with Crippen LogP contribution < -0.4 is 5.32 Å². The van der Waals surface area contributed by atoms with E-state index in [-0.39, 0.29) is 17.7 Å². The summed E-state index contributed by atoms with van der Waals surface area (Å²) in [5.74, 6) is 0.589. The van der Waals surface area contributed by atoms with E-state index in [1.165, 1.54) is 0 Å². The van der Waals surface area contributed by atoms with Gasteiger partial charge in [0.1, 0.15) is 11.9 Å². The highest BCUT2D eigenvalue weighted by atomic mass is 16.2. The van der Waals surface area contributed by atoms with Gasteiger partial charge >= 0.3 is 0 Å². The fourth-order valence-corrected chi connectivity index (χ4v) is 3.34. The Labute approximate surface area is 154 Å². The first-order valence-corrected chi connectivity index (χ1v) is 9.19. The summed E-state index contributed by atoms with van der Waals surface area (Å²) in [7, 11) is 0. The van der Waals surface area contributed by atoms with Crippen molar-refractivity contribution < 1.29 is 9.59 Å². The normalized spacial score (nSPS) is 17.4. The maximum Gasteiger partial charge on any atom is 0.247 e. The van der Waals surface area contributed by atoms with Gasteiger partial charge in [-0.1, -0.05) is 26.0 Å². The molecule has 3 rings (SSSR count). The van der Waals surface area contributed by atoms with Gasteiger partial charge in [-0.3, -0.25) is 9.59 Å². The summed E-state index contributed by atoms with van der Waals surface area (Å²) in [5, 5.41) is 3.03. The third-order valence-corrected chi connectivity index (χ3v) is 4.85. The van der Waals surface area contributed by atoms with E-state index < -0.39 is 6.04 Å². The highest BCUT2D eigenvalue weighted by Gasteiger charge is 2.33. The molecule has 26 heavy (non-hydrogen) atoms. The van der Waals surface area contributed by atoms with Crippen LogP contribution in [0.1, 0.15) is 38.7 Å². The first-order valence-electron chi connectivity index (χ1n) is 9.19.